The lowest BCUT2D eigenvalue weighted by Gasteiger charge is -2.18. The molecule has 0 saturated carbocycles. The first-order chi connectivity index (χ1) is 22.8. The molecular weight excluding hydrogens is 577 g/mol. The summed E-state index contributed by atoms with van der Waals surface area (Å²) in [4.78, 5) is 0. The molecular formula is C44H26OS. The molecule has 214 valence electrons. The largest absolute Gasteiger partial charge is 0.455 e. The van der Waals surface area contributed by atoms with Crippen molar-refractivity contribution < 1.29 is 4.42 Å². The fourth-order valence-corrected chi connectivity index (χ4v) is 8.48. The van der Waals surface area contributed by atoms with Gasteiger partial charge in [0.25, 0.3) is 0 Å². The molecule has 0 bridgehead atoms. The molecule has 2 aromatic heterocycles. The molecule has 0 aliphatic rings. The first-order valence-electron chi connectivity index (χ1n) is 15.7. The van der Waals surface area contributed by atoms with Crippen LogP contribution in [0.4, 0.5) is 0 Å². The molecule has 8 aromatic carbocycles. The van der Waals surface area contributed by atoms with Gasteiger partial charge in [-0.3, -0.25) is 0 Å². The average molecular weight is 603 g/mol. The first kappa shape index (κ1) is 25.6. The Hall–Kier alpha value is -5.70. The molecule has 0 spiro atoms. The van der Waals surface area contributed by atoms with Crippen molar-refractivity contribution in [1.82, 2.24) is 0 Å². The topological polar surface area (TPSA) is 13.1 Å². The van der Waals surface area contributed by atoms with Crippen molar-refractivity contribution in [3.05, 3.63) is 157 Å². The van der Waals surface area contributed by atoms with Gasteiger partial charge in [-0.15, -0.1) is 11.3 Å². The standard InChI is InChI=1S/C44H26OS/c1-2-11-28(12-3-1)39-26-46-44-38(39)23-22-37-32-21-20-31(25-40(32)45-43(37)44)42-35-16-8-6-14-33(35)41(34-15-7-9-17-36(34)42)30-19-18-27-10-4-5-13-29(27)24-30/h1-26H. The van der Waals surface area contributed by atoms with Crippen LogP contribution in [-0.4, -0.2) is 0 Å². The van der Waals surface area contributed by atoms with Gasteiger partial charge < -0.3 is 4.42 Å². The van der Waals surface area contributed by atoms with Gasteiger partial charge in [0.1, 0.15) is 5.58 Å². The molecule has 0 fully saturated rings. The predicted molar refractivity (Wildman–Crippen MR) is 198 cm³/mol. The Morgan fingerprint density at radius 1 is 0.391 bits per heavy atom. The van der Waals surface area contributed by atoms with Crippen LogP contribution < -0.4 is 0 Å². The molecule has 10 rings (SSSR count). The second-order valence-electron chi connectivity index (χ2n) is 12.1. The van der Waals surface area contributed by atoms with Crippen LogP contribution in [-0.2, 0) is 0 Å². The summed E-state index contributed by atoms with van der Waals surface area (Å²) in [7, 11) is 0. The molecule has 0 N–H and O–H groups in total. The van der Waals surface area contributed by atoms with E-state index in [-0.39, 0.29) is 0 Å². The normalized spacial score (nSPS) is 11.9. The highest BCUT2D eigenvalue weighted by Gasteiger charge is 2.19. The van der Waals surface area contributed by atoms with Crippen LogP contribution in [0.5, 0.6) is 0 Å². The number of furan rings is 1. The molecule has 0 unspecified atom stereocenters. The highest BCUT2D eigenvalue weighted by atomic mass is 32.1. The van der Waals surface area contributed by atoms with E-state index in [9.17, 15) is 0 Å². The lowest BCUT2D eigenvalue weighted by Crippen LogP contribution is -1.90. The van der Waals surface area contributed by atoms with Gasteiger partial charge in [0.15, 0.2) is 5.58 Å². The number of hydrogen-bond donors (Lipinski definition) is 0. The van der Waals surface area contributed by atoms with E-state index in [1.807, 2.05) is 0 Å². The molecule has 1 nitrogen and oxygen atoms in total. The van der Waals surface area contributed by atoms with E-state index in [0.29, 0.717) is 0 Å². The van der Waals surface area contributed by atoms with Crippen LogP contribution in [0.15, 0.2) is 161 Å². The third kappa shape index (κ3) is 3.74. The molecule has 2 heterocycles. The van der Waals surface area contributed by atoms with E-state index in [0.717, 1.165) is 27.5 Å². The van der Waals surface area contributed by atoms with Crippen molar-refractivity contribution in [2.24, 2.45) is 0 Å². The van der Waals surface area contributed by atoms with E-state index < -0.39 is 0 Å². The third-order valence-electron chi connectivity index (χ3n) is 9.52. The molecule has 0 amide bonds. The van der Waals surface area contributed by atoms with Crippen LogP contribution in [0.25, 0.3) is 97.7 Å². The van der Waals surface area contributed by atoms with E-state index >= 15 is 0 Å². The monoisotopic (exact) mass is 602 g/mol. The maximum absolute atomic E-state index is 6.75. The molecule has 0 aliphatic carbocycles. The first-order valence-corrected chi connectivity index (χ1v) is 16.5. The zero-order chi connectivity index (χ0) is 30.2. The van der Waals surface area contributed by atoms with Crippen LogP contribution in [0, 0.1) is 0 Å². The second-order valence-corrected chi connectivity index (χ2v) is 12.9. The number of fused-ring (bicyclic) bond motifs is 8. The summed E-state index contributed by atoms with van der Waals surface area (Å²) in [5.41, 5.74) is 9.30. The van der Waals surface area contributed by atoms with Gasteiger partial charge in [0.2, 0.25) is 0 Å². The Balaban J connectivity index is 1.21. The molecule has 0 saturated heterocycles. The third-order valence-corrected chi connectivity index (χ3v) is 10.5. The zero-order valence-electron chi connectivity index (χ0n) is 24.8. The number of benzene rings is 8. The molecule has 0 atom stereocenters. The molecule has 10 aromatic rings. The Morgan fingerprint density at radius 2 is 0.957 bits per heavy atom. The predicted octanol–water partition coefficient (Wildman–Crippen LogP) is 13.3. The molecule has 0 radical (unpaired) electrons. The minimum Gasteiger partial charge on any atom is -0.455 e. The second kappa shape index (κ2) is 9.90. The summed E-state index contributed by atoms with van der Waals surface area (Å²) in [6.07, 6.45) is 0. The quantitative estimate of drug-likeness (QED) is 0.183. The molecule has 46 heavy (non-hydrogen) atoms. The van der Waals surface area contributed by atoms with Crippen LogP contribution in [0.2, 0.25) is 0 Å². The van der Waals surface area contributed by atoms with Crippen molar-refractivity contribution in [2.75, 3.05) is 0 Å². The minimum absolute atomic E-state index is 0.918. The summed E-state index contributed by atoms with van der Waals surface area (Å²) in [6.45, 7) is 0. The van der Waals surface area contributed by atoms with Crippen molar-refractivity contribution in [3.63, 3.8) is 0 Å². The smallest absolute Gasteiger partial charge is 0.153 e. The Labute approximate surface area is 269 Å². The van der Waals surface area contributed by atoms with Gasteiger partial charge in [0.05, 0.1) is 4.70 Å². The van der Waals surface area contributed by atoms with Gasteiger partial charge in [-0.2, -0.15) is 0 Å². The van der Waals surface area contributed by atoms with Gasteiger partial charge in [-0.1, -0.05) is 127 Å². The number of rotatable bonds is 3. The summed E-state index contributed by atoms with van der Waals surface area (Å²) < 4.78 is 7.94. The van der Waals surface area contributed by atoms with Gasteiger partial charge in [-0.25, -0.2) is 0 Å². The lowest BCUT2D eigenvalue weighted by molar-refractivity contribution is 0.673. The minimum atomic E-state index is 0.918. The fourth-order valence-electron chi connectivity index (χ4n) is 7.42. The van der Waals surface area contributed by atoms with Crippen molar-refractivity contribution in [2.45, 2.75) is 0 Å². The van der Waals surface area contributed by atoms with Crippen LogP contribution >= 0.6 is 11.3 Å². The SMILES string of the molecule is c1ccc(-c2csc3c2ccc2c4ccc(-c5c6ccccc6c(-c6ccc7ccccc7c6)c6ccccc56)cc4oc23)cc1. The van der Waals surface area contributed by atoms with Crippen molar-refractivity contribution >= 4 is 75.7 Å². The van der Waals surface area contributed by atoms with Gasteiger partial charge in [0, 0.05) is 21.7 Å². The highest BCUT2D eigenvalue weighted by molar-refractivity contribution is 7.18. The van der Waals surface area contributed by atoms with E-state index in [4.69, 9.17) is 4.42 Å². The van der Waals surface area contributed by atoms with Gasteiger partial charge >= 0.3 is 0 Å². The fraction of sp³-hybridized carbons (Fsp3) is 0. The van der Waals surface area contributed by atoms with Crippen LogP contribution in [0.1, 0.15) is 0 Å². The summed E-state index contributed by atoms with van der Waals surface area (Å²) in [6, 6.07) is 55.0. The van der Waals surface area contributed by atoms with Crippen molar-refractivity contribution in [3.8, 4) is 33.4 Å². The van der Waals surface area contributed by atoms with Gasteiger partial charge in [-0.05, 0) is 89.8 Å². The summed E-state index contributed by atoms with van der Waals surface area (Å²) >= 11 is 1.76. The van der Waals surface area contributed by atoms with E-state index in [1.165, 1.54) is 70.2 Å². The molecule has 0 aliphatic heterocycles. The Morgan fingerprint density at radius 3 is 1.67 bits per heavy atom. The number of thiophene rings is 1. The van der Waals surface area contributed by atoms with Crippen LogP contribution in [0.3, 0.4) is 0 Å². The molecule has 2 heteroatoms. The maximum atomic E-state index is 6.75. The number of hydrogen-bond acceptors (Lipinski definition) is 2. The Bertz CT molecular complexity index is 2740. The van der Waals surface area contributed by atoms with E-state index in [1.54, 1.807) is 11.3 Å². The summed E-state index contributed by atoms with van der Waals surface area (Å²) in [5, 5.41) is 13.3. The average Bonchev–Trinajstić information content (AvgIpc) is 3.72. The highest BCUT2D eigenvalue weighted by Crippen LogP contribution is 2.46. The zero-order valence-corrected chi connectivity index (χ0v) is 25.6. The summed E-state index contributed by atoms with van der Waals surface area (Å²) in [5.74, 6) is 0. The lowest BCUT2D eigenvalue weighted by atomic mass is 9.85. The maximum Gasteiger partial charge on any atom is 0.153 e. The Kier molecular flexibility index (Phi) is 5.51. The van der Waals surface area contributed by atoms with Crippen molar-refractivity contribution in [1.29, 1.82) is 0 Å². The van der Waals surface area contributed by atoms with E-state index in [2.05, 4.69) is 157 Å².